The van der Waals surface area contributed by atoms with Crippen LogP contribution in [0.25, 0.3) is 0 Å². The Bertz CT molecular complexity index is 718. The minimum Gasteiger partial charge on any atom is -0.463 e. The first kappa shape index (κ1) is 19.3. The lowest BCUT2D eigenvalue weighted by molar-refractivity contribution is -0.166. The largest absolute Gasteiger partial charge is 0.463 e. The number of aromatic nitrogens is 3. The fourth-order valence-corrected chi connectivity index (χ4v) is 2.42. The standard InChI is InChI=1S/C14H18N4O8/c1-6(19)23-4-9-10(24-7(2)20)11(25-8(3)21)14(26-9)18-5-16-13(17-18)12(15)22/h5,9-11,14H,4H2,1-3H3,(H2,15,22)/t9-,10-,11-,14-/m0/s1. The van der Waals surface area contributed by atoms with Gasteiger partial charge in [0.1, 0.15) is 19.0 Å². The highest BCUT2D eigenvalue weighted by atomic mass is 16.7. The van der Waals surface area contributed by atoms with Gasteiger partial charge in [-0.2, -0.15) is 0 Å². The van der Waals surface area contributed by atoms with E-state index < -0.39 is 48.4 Å². The van der Waals surface area contributed by atoms with Crippen LogP contribution in [0.3, 0.4) is 0 Å². The van der Waals surface area contributed by atoms with Gasteiger partial charge >= 0.3 is 17.9 Å². The zero-order valence-electron chi connectivity index (χ0n) is 14.3. The van der Waals surface area contributed by atoms with Crippen molar-refractivity contribution in [2.24, 2.45) is 5.73 Å². The predicted octanol–water partition coefficient (Wildman–Crippen LogP) is -1.30. The topological polar surface area (TPSA) is 162 Å². The van der Waals surface area contributed by atoms with Crippen LogP contribution in [0.15, 0.2) is 6.33 Å². The molecule has 4 atom stereocenters. The number of hydrogen-bond acceptors (Lipinski definition) is 10. The van der Waals surface area contributed by atoms with Crippen LogP contribution in [0, 0.1) is 0 Å². The fraction of sp³-hybridized carbons (Fsp3) is 0.571. The normalized spacial score (nSPS) is 24.7. The summed E-state index contributed by atoms with van der Waals surface area (Å²) in [6, 6.07) is 0. The van der Waals surface area contributed by atoms with Gasteiger partial charge in [0.2, 0.25) is 5.82 Å². The molecule has 2 heterocycles. The van der Waals surface area contributed by atoms with Crippen molar-refractivity contribution in [2.75, 3.05) is 6.61 Å². The molecule has 1 aliphatic heterocycles. The maximum Gasteiger partial charge on any atom is 0.303 e. The van der Waals surface area contributed by atoms with E-state index in [1.54, 1.807) is 0 Å². The number of ether oxygens (including phenoxy) is 4. The summed E-state index contributed by atoms with van der Waals surface area (Å²) in [4.78, 5) is 48.9. The molecule has 0 radical (unpaired) electrons. The van der Waals surface area contributed by atoms with Gasteiger partial charge < -0.3 is 24.7 Å². The Morgan fingerprint density at radius 3 is 2.23 bits per heavy atom. The van der Waals surface area contributed by atoms with Gasteiger partial charge in [-0.3, -0.25) is 19.2 Å². The molecular formula is C14H18N4O8. The van der Waals surface area contributed by atoms with E-state index in [4.69, 9.17) is 24.7 Å². The summed E-state index contributed by atoms with van der Waals surface area (Å²) in [5.74, 6) is -3.02. The number of carbonyl (C=O) groups excluding carboxylic acids is 4. The second-order valence-electron chi connectivity index (χ2n) is 5.43. The maximum absolute atomic E-state index is 11.5. The number of nitrogens with zero attached hydrogens (tertiary/aromatic N) is 3. The molecule has 2 N–H and O–H groups in total. The maximum atomic E-state index is 11.5. The Kier molecular flexibility index (Phi) is 5.87. The van der Waals surface area contributed by atoms with Gasteiger partial charge in [0.05, 0.1) is 0 Å². The molecule has 0 aliphatic carbocycles. The predicted molar refractivity (Wildman–Crippen MR) is 80.2 cm³/mol. The molecule has 12 nitrogen and oxygen atoms in total. The monoisotopic (exact) mass is 370 g/mol. The van der Waals surface area contributed by atoms with Crippen LogP contribution < -0.4 is 5.73 Å². The van der Waals surface area contributed by atoms with Crippen molar-refractivity contribution in [3.05, 3.63) is 12.2 Å². The zero-order valence-corrected chi connectivity index (χ0v) is 14.3. The summed E-state index contributed by atoms with van der Waals surface area (Å²) in [5.41, 5.74) is 5.11. The molecule has 1 aliphatic rings. The van der Waals surface area contributed by atoms with Crippen LogP contribution in [-0.4, -0.2) is 63.5 Å². The number of amides is 1. The van der Waals surface area contributed by atoms with Crippen molar-refractivity contribution in [3.63, 3.8) is 0 Å². The molecule has 12 heteroatoms. The molecule has 0 bridgehead atoms. The number of primary amides is 1. The highest BCUT2D eigenvalue weighted by Crippen LogP contribution is 2.33. The first-order valence-corrected chi connectivity index (χ1v) is 7.53. The molecule has 1 saturated heterocycles. The zero-order chi connectivity index (χ0) is 19.4. The van der Waals surface area contributed by atoms with E-state index in [0.717, 1.165) is 17.9 Å². The Hall–Kier alpha value is -3.02. The van der Waals surface area contributed by atoms with Crippen LogP contribution in [0.5, 0.6) is 0 Å². The number of esters is 3. The van der Waals surface area contributed by atoms with Gasteiger partial charge in [-0.05, 0) is 0 Å². The van der Waals surface area contributed by atoms with Gasteiger partial charge in [0, 0.05) is 20.8 Å². The first-order chi connectivity index (χ1) is 12.2. The smallest absolute Gasteiger partial charge is 0.303 e. The van der Waals surface area contributed by atoms with Gasteiger partial charge in [-0.1, -0.05) is 0 Å². The molecule has 1 fully saturated rings. The third-order valence-corrected chi connectivity index (χ3v) is 3.33. The average molecular weight is 370 g/mol. The molecule has 1 aromatic rings. The quantitative estimate of drug-likeness (QED) is 0.470. The van der Waals surface area contributed by atoms with Crippen molar-refractivity contribution >= 4 is 23.8 Å². The van der Waals surface area contributed by atoms with Crippen LogP contribution >= 0.6 is 0 Å². The van der Waals surface area contributed by atoms with E-state index in [-0.39, 0.29) is 12.4 Å². The van der Waals surface area contributed by atoms with Crippen molar-refractivity contribution < 1.29 is 38.1 Å². The van der Waals surface area contributed by atoms with Crippen molar-refractivity contribution in [3.8, 4) is 0 Å². The highest BCUT2D eigenvalue weighted by molar-refractivity contribution is 5.88. The first-order valence-electron chi connectivity index (χ1n) is 7.53. The number of rotatable bonds is 6. The Labute approximate surface area is 147 Å². The van der Waals surface area contributed by atoms with Crippen LogP contribution in [0.1, 0.15) is 37.6 Å². The van der Waals surface area contributed by atoms with E-state index >= 15 is 0 Å². The van der Waals surface area contributed by atoms with E-state index in [1.807, 2.05) is 0 Å². The third kappa shape index (κ3) is 4.53. The van der Waals surface area contributed by atoms with Crippen LogP contribution in [-0.2, 0) is 33.3 Å². The average Bonchev–Trinajstić information content (AvgIpc) is 3.11. The van der Waals surface area contributed by atoms with Gasteiger partial charge in [-0.25, -0.2) is 9.67 Å². The SMILES string of the molecule is CC(=O)OC[C@@H]1O[C@H](n2cnc(C(N)=O)n2)[C@@H](OC(C)=O)[C@H]1OC(C)=O. The van der Waals surface area contributed by atoms with Gasteiger partial charge in [0.15, 0.2) is 18.4 Å². The van der Waals surface area contributed by atoms with E-state index in [2.05, 4.69) is 10.1 Å². The van der Waals surface area contributed by atoms with E-state index in [1.165, 1.54) is 13.8 Å². The molecule has 0 saturated carbocycles. The second kappa shape index (κ2) is 7.91. The Balaban J connectivity index is 2.33. The van der Waals surface area contributed by atoms with Gasteiger partial charge in [0.25, 0.3) is 5.91 Å². The Morgan fingerprint density at radius 1 is 1.12 bits per heavy atom. The number of carbonyl (C=O) groups is 4. The minimum atomic E-state index is -1.11. The lowest BCUT2D eigenvalue weighted by Gasteiger charge is -2.23. The minimum absolute atomic E-state index is 0.251. The van der Waals surface area contributed by atoms with E-state index in [9.17, 15) is 19.2 Å². The van der Waals surface area contributed by atoms with E-state index in [0.29, 0.717) is 0 Å². The summed E-state index contributed by atoms with van der Waals surface area (Å²) in [5, 5.41) is 3.86. The molecule has 1 amide bonds. The summed E-state index contributed by atoms with van der Waals surface area (Å²) in [6.07, 6.45) is -3.04. The Morgan fingerprint density at radius 2 is 1.73 bits per heavy atom. The summed E-state index contributed by atoms with van der Waals surface area (Å²) < 4.78 is 22.1. The lowest BCUT2D eigenvalue weighted by Crippen LogP contribution is -2.40. The van der Waals surface area contributed by atoms with Crippen molar-refractivity contribution in [2.45, 2.75) is 45.3 Å². The number of nitrogens with two attached hydrogens (primary N) is 1. The molecule has 2 rings (SSSR count). The molecule has 0 spiro atoms. The third-order valence-electron chi connectivity index (χ3n) is 3.33. The van der Waals surface area contributed by atoms with Crippen molar-refractivity contribution in [1.29, 1.82) is 0 Å². The summed E-state index contributed by atoms with van der Waals surface area (Å²) in [6.45, 7) is 3.28. The molecular weight excluding hydrogens is 352 g/mol. The molecule has 142 valence electrons. The second-order valence-corrected chi connectivity index (χ2v) is 5.43. The summed E-state index contributed by atoms with van der Waals surface area (Å²) in [7, 11) is 0. The highest BCUT2D eigenvalue weighted by Gasteiger charge is 2.51. The van der Waals surface area contributed by atoms with Crippen LogP contribution in [0.4, 0.5) is 0 Å². The summed E-state index contributed by atoms with van der Waals surface area (Å²) >= 11 is 0. The molecule has 0 unspecified atom stereocenters. The molecule has 26 heavy (non-hydrogen) atoms. The molecule has 1 aromatic heterocycles. The lowest BCUT2D eigenvalue weighted by atomic mass is 10.1. The van der Waals surface area contributed by atoms with Crippen molar-refractivity contribution in [1.82, 2.24) is 14.8 Å². The fourth-order valence-electron chi connectivity index (χ4n) is 2.42. The number of hydrogen-bond donors (Lipinski definition) is 1. The molecule has 0 aromatic carbocycles. The van der Waals surface area contributed by atoms with Gasteiger partial charge in [-0.15, -0.1) is 5.10 Å². The van der Waals surface area contributed by atoms with Crippen LogP contribution in [0.2, 0.25) is 0 Å².